The number of carbonyl (C=O) groups excluding carboxylic acids is 1. The van der Waals surface area contributed by atoms with Gasteiger partial charge >= 0.3 is 18.2 Å². The van der Waals surface area contributed by atoms with Gasteiger partial charge in [-0.25, -0.2) is 9.59 Å². The Bertz CT molecular complexity index is 1110. The number of carbonyl (C=O) groups is 2. The van der Waals surface area contributed by atoms with Crippen LogP contribution >= 0.6 is 0 Å². The Morgan fingerprint density at radius 1 is 0.848 bits per heavy atom. The average molecular weight is 653 g/mol. The van der Waals surface area contributed by atoms with Crippen molar-refractivity contribution in [3.63, 3.8) is 0 Å². The Hall–Kier alpha value is -3.15. The summed E-state index contributed by atoms with van der Waals surface area (Å²) in [5.41, 5.74) is 2.06. The number of nitrogens with zero attached hydrogens (tertiary/aromatic N) is 1. The normalized spacial score (nSPS) is 17.8. The smallest absolute Gasteiger partial charge is 0.475 e. The van der Waals surface area contributed by atoms with E-state index in [9.17, 15) is 18.0 Å². The van der Waals surface area contributed by atoms with Gasteiger partial charge in [0.2, 0.25) is 0 Å². The van der Waals surface area contributed by atoms with E-state index < -0.39 is 17.7 Å². The van der Waals surface area contributed by atoms with Crippen molar-refractivity contribution >= 4 is 12.1 Å². The predicted molar refractivity (Wildman–Crippen MR) is 171 cm³/mol. The Morgan fingerprint density at radius 3 is 1.78 bits per heavy atom. The van der Waals surface area contributed by atoms with Crippen LogP contribution in [-0.2, 0) is 32.2 Å². The molecule has 2 aliphatic rings. The molecule has 1 amide bonds. The van der Waals surface area contributed by atoms with E-state index in [1.165, 1.54) is 43.5 Å². The highest BCUT2D eigenvalue weighted by Gasteiger charge is 2.38. The minimum absolute atomic E-state index is 0.180. The Kier molecular flexibility index (Phi) is 17.7. The maximum Gasteiger partial charge on any atom is 0.490 e. The van der Waals surface area contributed by atoms with Crippen LogP contribution < -0.4 is 5.32 Å². The first-order valence-corrected chi connectivity index (χ1v) is 16.1. The molecule has 2 aromatic carbocycles. The van der Waals surface area contributed by atoms with Crippen LogP contribution in [0.25, 0.3) is 0 Å². The van der Waals surface area contributed by atoms with Gasteiger partial charge in [0, 0.05) is 26.3 Å². The molecule has 2 heterocycles. The van der Waals surface area contributed by atoms with E-state index in [4.69, 9.17) is 24.1 Å². The third kappa shape index (κ3) is 18.1. The molecule has 258 valence electrons. The molecule has 4 rings (SSSR count). The minimum Gasteiger partial charge on any atom is -0.475 e. The van der Waals surface area contributed by atoms with E-state index in [-0.39, 0.29) is 6.09 Å². The van der Waals surface area contributed by atoms with Crippen LogP contribution in [0.2, 0.25) is 0 Å². The van der Waals surface area contributed by atoms with Crippen LogP contribution in [0.15, 0.2) is 60.7 Å². The number of carboxylic acids is 1. The number of alkyl halides is 3. The lowest BCUT2D eigenvalue weighted by molar-refractivity contribution is -0.192. The lowest BCUT2D eigenvalue weighted by Gasteiger charge is -2.24. The molecule has 0 aliphatic carbocycles. The topological polar surface area (TPSA) is 97.3 Å². The van der Waals surface area contributed by atoms with Crippen molar-refractivity contribution in [1.82, 2.24) is 10.2 Å². The molecule has 0 unspecified atom stereocenters. The number of aliphatic carboxylic acids is 1. The number of carboxylic acid groups (broad SMARTS) is 1. The summed E-state index contributed by atoms with van der Waals surface area (Å²) in [7, 11) is 0. The molecule has 0 saturated carbocycles. The summed E-state index contributed by atoms with van der Waals surface area (Å²) in [6.07, 6.45) is 1.80. The highest BCUT2D eigenvalue weighted by Crippen LogP contribution is 2.23. The maximum absolute atomic E-state index is 12.0. The third-order valence-corrected chi connectivity index (χ3v) is 7.37. The fourth-order valence-corrected chi connectivity index (χ4v) is 5.00. The van der Waals surface area contributed by atoms with Crippen LogP contribution in [0, 0.1) is 11.8 Å². The number of ether oxygens (including phenoxy) is 3. The van der Waals surface area contributed by atoms with Crippen LogP contribution in [0.1, 0.15) is 70.4 Å². The number of halogens is 3. The SMILES string of the molecule is CC(C)(C)OC(=O)N1CC[C@H](CCCOCc2ccccc2)C1.O=C(O)C(F)(F)F.c1ccc(COCCC[C@H]2CCNC2)cc1. The van der Waals surface area contributed by atoms with Gasteiger partial charge < -0.3 is 29.5 Å². The Labute approximate surface area is 271 Å². The molecule has 2 saturated heterocycles. The van der Waals surface area contributed by atoms with Crippen molar-refractivity contribution in [2.75, 3.05) is 39.4 Å². The first kappa shape index (κ1) is 39.0. The molecule has 0 aromatic heterocycles. The molecule has 2 fully saturated rings. The second-order valence-corrected chi connectivity index (χ2v) is 12.6. The van der Waals surface area contributed by atoms with Crippen LogP contribution in [0.5, 0.6) is 0 Å². The number of nitrogens with one attached hydrogen (secondary N) is 1. The van der Waals surface area contributed by atoms with Crippen molar-refractivity contribution in [3.8, 4) is 0 Å². The number of hydrogen-bond donors (Lipinski definition) is 2. The van der Waals surface area contributed by atoms with Crippen molar-refractivity contribution in [3.05, 3.63) is 71.8 Å². The van der Waals surface area contributed by atoms with E-state index in [1.54, 1.807) is 0 Å². The van der Waals surface area contributed by atoms with Gasteiger partial charge in [0.1, 0.15) is 5.60 Å². The quantitative estimate of drug-likeness (QED) is 0.230. The number of benzene rings is 2. The fourth-order valence-electron chi connectivity index (χ4n) is 5.00. The number of amides is 1. The van der Waals surface area contributed by atoms with Crippen LogP contribution in [0.4, 0.5) is 18.0 Å². The molecule has 8 nitrogen and oxygen atoms in total. The monoisotopic (exact) mass is 652 g/mol. The van der Waals surface area contributed by atoms with Crippen molar-refractivity contribution in [1.29, 1.82) is 0 Å². The van der Waals surface area contributed by atoms with E-state index in [1.807, 2.05) is 49.9 Å². The van der Waals surface area contributed by atoms with Gasteiger partial charge in [0.05, 0.1) is 13.2 Å². The zero-order chi connectivity index (χ0) is 33.8. The zero-order valence-electron chi connectivity index (χ0n) is 27.4. The minimum atomic E-state index is -5.08. The largest absolute Gasteiger partial charge is 0.490 e. The molecule has 46 heavy (non-hydrogen) atoms. The van der Waals surface area contributed by atoms with Gasteiger partial charge in [-0.1, -0.05) is 60.7 Å². The van der Waals surface area contributed by atoms with Gasteiger partial charge in [-0.05, 0) is 95.3 Å². The summed E-state index contributed by atoms with van der Waals surface area (Å²) in [5, 5.41) is 10.5. The summed E-state index contributed by atoms with van der Waals surface area (Å²) >= 11 is 0. The van der Waals surface area contributed by atoms with Gasteiger partial charge in [0.15, 0.2) is 0 Å². The molecular formula is C35H51F3N2O6. The highest BCUT2D eigenvalue weighted by atomic mass is 19.4. The molecule has 0 bridgehead atoms. The first-order chi connectivity index (χ1) is 21.8. The second kappa shape index (κ2) is 20.9. The van der Waals surface area contributed by atoms with E-state index in [0.29, 0.717) is 12.5 Å². The maximum atomic E-state index is 12.0. The summed E-state index contributed by atoms with van der Waals surface area (Å²) < 4.78 is 48.5. The Morgan fingerprint density at radius 2 is 1.35 bits per heavy atom. The summed E-state index contributed by atoms with van der Waals surface area (Å²) in [6, 6.07) is 20.6. The molecule has 0 radical (unpaired) electrons. The van der Waals surface area contributed by atoms with Crippen LogP contribution in [-0.4, -0.2) is 73.2 Å². The molecule has 0 spiro atoms. The van der Waals surface area contributed by atoms with E-state index in [2.05, 4.69) is 41.7 Å². The van der Waals surface area contributed by atoms with Crippen molar-refractivity contribution < 1.29 is 42.1 Å². The highest BCUT2D eigenvalue weighted by molar-refractivity contribution is 5.73. The summed E-state index contributed by atoms with van der Waals surface area (Å²) in [6.45, 7) is 12.8. The fraction of sp³-hybridized carbons (Fsp3) is 0.600. The molecule has 11 heteroatoms. The second-order valence-electron chi connectivity index (χ2n) is 12.6. The van der Waals surface area contributed by atoms with Gasteiger partial charge in [0.25, 0.3) is 0 Å². The number of rotatable bonds is 12. The predicted octanol–water partition coefficient (Wildman–Crippen LogP) is 7.47. The average Bonchev–Trinajstić information content (AvgIpc) is 3.70. The van der Waals surface area contributed by atoms with Crippen molar-refractivity contribution in [2.45, 2.75) is 84.3 Å². The summed E-state index contributed by atoms with van der Waals surface area (Å²) in [5.74, 6) is -1.30. The lowest BCUT2D eigenvalue weighted by Crippen LogP contribution is -2.35. The van der Waals surface area contributed by atoms with E-state index in [0.717, 1.165) is 58.1 Å². The molecule has 2 atom stereocenters. The van der Waals surface area contributed by atoms with Crippen LogP contribution in [0.3, 0.4) is 0 Å². The van der Waals surface area contributed by atoms with Gasteiger partial charge in [-0.2, -0.15) is 13.2 Å². The molecule has 2 aliphatic heterocycles. The number of hydrogen-bond acceptors (Lipinski definition) is 6. The van der Waals surface area contributed by atoms with Gasteiger partial charge in [-0.15, -0.1) is 0 Å². The van der Waals surface area contributed by atoms with Gasteiger partial charge in [-0.3, -0.25) is 0 Å². The third-order valence-electron chi connectivity index (χ3n) is 7.37. The van der Waals surface area contributed by atoms with Crippen molar-refractivity contribution in [2.24, 2.45) is 11.8 Å². The number of likely N-dealkylation sites (tertiary alicyclic amines) is 1. The Balaban J connectivity index is 0.000000276. The standard InChI is InChI=1S/C19H29NO3.C14H21NO.C2HF3O2/c1-19(2,3)23-18(21)20-12-11-16(14-20)10-7-13-22-15-17-8-5-4-6-9-17;1-2-5-14(6-3-1)12-16-10-4-7-13-8-9-15-11-13;3-2(4,5)1(6)7/h4-6,8-9,16H,7,10-15H2,1-3H3;1-3,5-6,13,15H,4,7-12H2;(H,6,7)/t16-;13-;/m00./s1. The zero-order valence-corrected chi connectivity index (χ0v) is 27.4. The molecule has 2 aromatic rings. The molecule has 2 N–H and O–H groups in total. The van der Waals surface area contributed by atoms with E-state index >= 15 is 0 Å². The first-order valence-electron chi connectivity index (χ1n) is 16.1. The summed E-state index contributed by atoms with van der Waals surface area (Å²) in [4.78, 5) is 22.7. The molecular weight excluding hydrogens is 601 g/mol. The lowest BCUT2D eigenvalue weighted by atomic mass is 10.0.